The smallest absolute Gasteiger partial charge is 0.416 e. The number of hydrogen-bond donors (Lipinski definition) is 1. The van der Waals surface area contributed by atoms with Gasteiger partial charge in [-0.25, -0.2) is 0 Å². The number of likely N-dealkylation sites (tertiary alicyclic amines) is 1. The summed E-state index contributed by atoms with van der Waals surface area (Å²) in [5.41, 5.74) is 1.40. The first-order chi connectivity index (χ1) is 15.7. The van der Waals surface area contributed by atoms with Crippen molar-refractivity contribution in [3.05, 3.63) is 77.6 Å². The molecule has 4 rings (SSSR count). The van der Waals surface area contributed by atoms with Crippen LogP contribution in [0.4, 0.5) is 18.9 Å². The van der Waals surface area contributed by atoms with Crippen molar-refractivity contribution in [1.29, 1.82) is 0 Å². The van der Waals surface area contributed by atoms with Crippen LogP contribution in [0.1, 0.15) is 29.2 Å². The topological polar surface area (TPSA) is 59.4 Å². The number of nitrogens with zero attached hydrogens (tertiary/aromatic N) is 3. The minimum atomic E-state index is -4.42. The molecule has 0 unspecified atom stereocenters. The van der Waals surface area contributed by atoms with Gasteiger partial charge in [0.2, 0.25) is 5.91 Å². The average Bonchev–Trinajstić information content (AvgIpc) is 3.40. The van der Waals surface area contributed by atoms with E-state index in [0.717, 1.165) is 11.6 Å². The highest BCUT2D eigenvalue weighted by Crippen LogP contribution is 2.39. The molecule has 3 aromatic rings. The van der Waals surface area contributed by atoms with Gasteiger partial charge in [0.1, 0.15) is 5.75 Å². The molecule has 1 aliphatic heterocycles. The van der Waals surface area contributed by atoms with Gasteiger partial charge in [-0.15, -0.1) is 0 Å². The van der Waals surface area contributed by atoms with Crippen molar-refractivity contribution in [1.82, 2.24) is 14.7 Å². The number of anilines is 1. The van der Waals surface area contributed by atoms with Gasteiger partial charge in [-0.3, -0.25) is 14.4 Å². The lowest BCUT2D eigenvalue weighted by molar-refractivity contribution is -0.137. The van der Waals surface area contributed by atoms with Crippen molar-refractivity contribution >= 4 is 11.6 Å². The highest BCUT2D eigenvalue weighted by Gasteiger charge is 2.38. The Hall–Kier alpha value is -3.33. The number of carbonyl (C=O) groups excluding carboxylic acids is 1. The van der Waals surface area contributed by atoms with E-state index in [9.17, 15) is 18.0 Å². The summed E-state index contributed by atoms with van der Waals surface area (Å²) in [6.45, 7) is 0.906. The normalized spacial score (nSPS) is 18.9. The molecule has 2 atom stereocenters. The Balaban J connectivity index is 1.57. The molecule has 6 nitrogen and oxygen atoms in total. The monoisotopic (exact) mass is 458 g/mol. The summed E-state index contributed by atoms with van der Waals surface area (Å²) in [4.78, 5) is 15.1. The summed E-state index contributed by atoms with van der Waals surface area (Å²) in [7, 11) is 3.36. The highest BCUT2D eigenvalue weighted by atomic mass is 19.4. The minimum absolute atomic E-state index is 0.172. The lowest BCUT2D eigenvalue weighted by atomic mass is 9.97. The number of aryl methyl sites for hydroxylation is 1. The summed E-state index contributed by atoms with van der Waals surface area (Å²) in [6, 6.07) is 12.1. The summed E-state index contributed by atoms with van der Waals surface area (Å²) >= 11 is 0. The summed E-state index contributed by atoms with van der Waals surface area (Å²) in [6.07, 6.45) is -0.414. The third-order valence-corrected chi connectivity index (χ3v) is 5.85. The molecule has 2 aromatic carbocycles. The molecule has 33 heavy (non-hydrogen) atoms. The van der Waals surface area contributed by atoms with Crippen LogP contribution in [0.2, 0.25) is 0 Å². The van der Waals surface area contributed by atoms with Crippen LogP contribution in [-0.4, -0.2) is 34.2 Å². The average molecular weight is 458 g/mol. The van der Waals surface area contributed by atoms with Crippen LogP contribution in [-0.2, 0) is 24.6 Å². The quantitative estimate of drug-likeness (QED) is 0.584. The van der Waals surface area contributed by atoms with E-state index in [-0.39, 0.29) is 17.9 Å². The molecule has 1 fully saturated rings. The Morgan fingerprint density at radius 2 is 2.00 bits per heavy atom. The first-order valence-electron chi connectivity index (χ1n) is 10.6. The van der Waals surface area contributed by atoms with Gasteiger partial charge in [-0.2, -0.15) is 18.3 Å². The fourth-order valence-electron chi connectivity index (χ4n) is 4.27. The van der Waals surface area contributed by atoms with Crippen molar-refractivity contribution in [2.75, 3.05) is 19.0 Å². The Bertz CT molecular complexity index is 1130. The van der Waals surface area contributed by atoms with Crippen molar-refractivity contribution in [3.8, 4) is 5.75 Å². The summed E-state index contributed by atoms with van der Waals surface area (Å²) in [5, 5.41) is 7.09. The molecule has 174 valence electrons. The lowest BCUT2D eigenvalue weighted by Gasteiger charge is -2.24. The number of methoxy groups -OCH3 is 1. The predicted molar refractivity (Wildman–Crippen MR) is 118 cm³/mol. The van der Waals surface area contributed by atoms with Crippen LogP contribution in [0, 0.1) is 5.92 Å². The predicted octanol–water partition coefficient (Wildman–Crippen LogP) is 4.65. The zero-order chi connectivity index (χ0) is 23.6. The highest BCUT2D eigenvalue weighted by molar-refractivity contribution is 5.93. The lowest BCUT2D eigenvalue weighted by Crippen LogP contribution is -2.27. The van der Waals surface area contributed by atoms with Crippen LogP contribution in [0.15, 0.2) is 60.9 Å². The second kappa shape index (κ2) is 9.27. The van der Waals surface area contributed by atoms with Gasteiger partial charge in [0.05, 0.1) is 24.8 Å². The molecule has 1 N–H and O–H groups in total. The minimum Gasteiger partial charge on any atom is -0.497 e. The standard InChI is InChI=1S/C24H25F3N4O2/c1-30-13-16(12-28-30)14-31-15-18(23(32)29-20-7-4-8-21(11-20)33-2)10-22(31)17-5-3-6-19(9-17)24(25,26)27/h3-9,11-13,18,22H,10,14-15H2,1-2H3,(H,29,32)/t18-,22-/m1/s1. The van der Waals surface area contributed by atoms with E-state index >= 15 is 0 Å². The molecule has 1 saturated heterocycles. The molecule has 0 radical (unpaired) electrons. The number of nitrogens with one attached hydrogen (secondary N) is 1. The van der Waals surface area contributed by atoms with Gasteiger partial charge in [0.15, 0.2) is 0 Å². The van der Waals surface area contributed by atoms with E-state index in [1.165, 1.54) is 12.1 Å². The van der Waals surface area contributed by atoms with Crippen LogP contribution in [0.5, 0.6) is 5.75 Å². The number of carbonyl (C=O) groups is 1. The van der Waals surface area contributed by atoms with Crippen LogP contribution in [0.3, 0.4) is 0 Å². The largest absolute Gasteiger partial charge is 0.497 e. The number of benzene rings is 2. The van der Waals surface area contributed by atoms with Gasteiger partial charge >= 0.3 is 6.18 Å². The van der Waals surface area contributed by atoms with Gasteiger partial charge in [0, 0.05) is 49.7 Å². The molecule has 1 amide bonds. The van der Waals surface area contributed by atoms with Crippen LogP contribution >= 0.6 is 0 Å². The zero-order valence-electron chi connectivity index (χ0n) is 18.3. The Labute approximate surface area is 190 Å². The summed E-state index contributed by atoms with van der Waals surface area (Å²) < 4.78 is 46.8. The van der Waals surface area contributed by atoms with Crippen molar-refractivity contribution < 1.29 is 22.7 Å². The molecule has 1 aromatic heterocycles. The fraction of sp³-hybridized carbons (Fsp3) is 0.333. The van der Waals surface area contributed by atoms with E-state index < -0.39 is 11.7 Å². The van der Waals surface area contributed by atoms with Crippen LogP contribution < -0.4 is 10.1 Å². The second-order valence-corrected chi connectivity index (χ2v) is 8.24. The number of alkyl halides is 3. The molecule has 2 heterocycles. The molecule has 0 spiro atoms. The third-order valence-electron chi connectivity index (χ3n) is 5.85. The number of aromatic nitrogens is 2. The number of ether oxygens (including phenoxy) is 1. The summed E-state index contributed by atoms with van der Waals surface area (Å²) in [5.74, 6) is 0.0700. The molecule has 0 bridgehead atoms. The maximum Gasteiger partial charge on any atom is 0.416 e. The van der Waals surface area contributed by atoms with Gasteiger partial charge in [0.25, 0.3) is 0 Å². The van der Waals surface area contributed by atoms with E-state index in [0.29, 0.717) is 36.5 Å². The van der Waals surface area contributed by atoms with Crippen LogP contribution in [0.25, 0.3) is 0 Å². The SMILES string of the molecule is COc1cccc(NC(=O)[C@@H]2C[C@H](c3cccc(C(F)(F)F)c3)N(Cc3cnn(C)c3)C2)c1. The fourth-order valence-corrected chi connectivity index (χ4v) is 4.27. The molecular weight excluding hydrogens is 433 g/mol. The molecule has 0 aliphatic carbocycles. The first kappa shape index (κ1) is 22.8. The number of amides is 1. The van der Waals surface area contributed by atoms with E-state index in [1.54, 1.807) is 48.3 Å². The molecular formula is C24H25F3N4O2. The van der Waals surface area contributed by atoms with Gasteiger partial charge in [-0.05, 0) is 36.2 Å². The van der Waals surface area contributed by atoms with E-state index in [4.69, 9.17) is 4.74 Å². The zero-order valence-corrected chi connectivity index (χ0v) is 18.3. The first-order valence-corrected chi connectivity index (χ1v) is 10.6. The van der Waals surface area contributed by atoms with E-state index in [1.807, 2.05) is 18.1 Å². The number of hydrogen-bond acceptors (Lipinski definition) is 4. The van der Waals surface area contributed by atoms with Gasteiger partial charge < -0.3 is 10.1 Å². The maximum absolute atomic E-state index is 13.3. The third kappa shape index (κ3) is 5.36. The van der Waals surface area contributed by atoms with Gasteiger partial charge in [-0.1, -0.05) is 18.2 Å². The number of rotatable bonds is 6. The van der Waals surface area contributed by atoms with Crippen molar-refractivity contribution in [2.24, 2.45) is 13.0 Å². The Morgan fingerprint density at radius 3 is 2.70 bits per heavy atom. The van der Waals surface area contributed by atoms with Crippen molar-refractivity contribution in [3.63, 3.8) is 0 Å². The molecule has 9 heteroatoms. The molecule has 1 aliphatic rings. The van der Waals surface area contributed by atoms with Crippen molar-refractivity contribution in [2.45, 2.75) is 25.2 Å². The second-order valence-electron chi connectivity index (χ2n) is 8.24. The van der Waals surface area contributed by atoms with E-state index in [2.05, 4.69) is 10.4 Å². The Morgan fingerprint density at radius 1 is 1.21 bits per heavy atom. The Kier molecular flexibility index (Phi) is 6.42. The molecule has 0 saturated carbocycles. The maximum atomic E-state index is 13.3. The number of halogens is 3.